The molecule has 1 saturated carbocycles. The Morgan fingerprint density at radius 3 is 2.43 bits per heavy atom. The Hall–Kier alpha value is -0.150. The Morgan fingerprint density at radius 2 is 1.86 bits per heavy atom. The van der Waals surface area contributed by atoms with Crippen LogP contribution in [0.15, 0.2) is 0 Å². The van der Waals surface area contributed by atoms with E-state index in [4.69, 9.17) is 11.6 Å². The predicted molar refractivity (Wildman–Crippen MR) is 59.8 cm³/mol. The maximum absolute atomic E-state index is 5.76. The van der Waals surface area contributed by atoms with E-state index in [9.17, 15) is 0 Å². The summed E-state index contributed by atoms with van der Waals surface area (Å²) in [7, 11) is 0. The fraction of sp³-hybridized carbons (Fsp3) is 0.800. The van der Waals surface area contributed by atoms with Crippen molar-refractivity contribution in [3.8, 4) is 0 Å². The average Bonchev–Trinajstić information content (AvgIpc) is 2.43. The van der Waals surface area contributed by atoms with Crippen LogP contribution in [-0.2, 0) is 6.42 Å². The van der Waals surface area contributed by atoms with Gasteiger partial charge in [0.25, 0.3) is 0 Å². The quantitative estimate of drug-likeness (QED) is 0.724. The molecule has 78 valence electrons. The van der Waals surface area contributed by atoms with Crippen LogP contribution in [0.3, 0.4) is 0 Å². The minimum atomic E-state index is 0.577. The van der Waals surface area contributed by atoms with Gasteiger partial charge in [0.2, 0.25) is 4.47 Å². The van der Waals surface area contributed by atoms with Gasteiger partial charge in [-0.2, -0.15) is 0 Å². The number of nitrogens with zero attached hydrogens (tertiary/aromatic N) is 2. The van der Waals surface area contributed by atoms with Gasteiger partial charge in [-0.05, 0) is 17.5 Å². The van der Waals surface area contributed by atoms with Gasteiger partial charge in [0.05, 0.1) is 0 Å². The van der Waals surface area contributed by atoms with Gasteiger partial charge in [0.1, 0.15) is 5.01 Å². The van der Waals surface area contributed by atoms with Gasteiger partial charge in [-0.25, -0.2) is 0 Å². The van der Waals surface area contributed by atoms with Crippen molar-refractivity contribution in [2.24, 2.45) is 5.92 Å². The lowest BCUT2D eigenvalue weighted by atomic mass is 9.97. The summed E-state index contributed by atoms with van der Waals surface area (Å²) in [5.41, 5.74) is 0. The minimum Gasteiger partial charge on any atom is -0.142 e. The molecule has 14 heavy (non-hydrogen) atoms. The topological polar surface area (TPSA) is 25.8 Å². The standard InChI is InChI=1S/C10H15ClN2S/c11-10-13-12-9(14-10)7-8-5-3-1-2-4-6-8/h8H,1-7H2. The summed E-state index contributed by atoms with van der Waals surface area (Å²) in [6, 6.07) is 0. The summed E-state index contributed by atoms with van der Waals surface area (Å²) in [6.07, 6.45) is 9.40. The van der Waals surface area contributed by atoms with Crippen molar-refractivity contribution in [1.29, 1.82) is 0 Å². The number of hydrogen-bond donors (Lipinski definition) is 0. The van der Waals surface area contributed by atoms with Gasteiger partial charge >= 0.3 is 0 Å². The van der Waals surface area contributed by atoms with Crippen molar-refractivity contribution >= 4 is 22.9 Å². The zero-order chi connectivity index (χ0) is 9.80. The largest absolute Gasteiger partial charge is 0.207 e. The number of halogens is 1. The second-order valence-electron chi connectivity index (χ2n) is 4.01. The Morgan fingerprint density at radius 1 is 1.14 bits per heavy atom. The van der Waals surface area contributed by atoms with Crippen LogP contribution >= 0.6 is 22.9 Å². The van der Waals surface area contributed by atoms with Crippen molar-refractivity contribution in [3.05, 3.63) is 9.47 Å². The van der Waals surface area contributed by atoms with Crippen LogP contribution in [0.2, 0.25) is 4.47 Å². The fourth-order valence-electron chi connectivity index (χ4n) is 2.13. The molecule has 1 aromatic heterocycles. The molecule has 0 aliphatic heterocycles. The molecule has 0 radical (unpaired) electrons. The van der Waals surface area contributed by atoms with Crippen LogP contribution in [0, 0.1) is 5.92 Å². The lowest BCUT2D eigenvalue weighted by Crippen LogP contribution is -2.02. The zero-order valence-corrected chi connectivity index (χ0v) is 9.78. The smallest absolute Gasteiger partial charge is 0.142 e. The molecule has 0 unspecified atom stereocenters. The molecular formula is C10H15ClN2S. The Kier molecular flexibility index (Phi) is 3.76. The molecule has 0 bridgehead atoms. The molecule has 1 fully saturated rings. The second kappa shape index (κ2) is 5.08. The molecule has 4 heteroatoms. The van der Waals surface area contributed by atoms with E-state index < -0.39 is 0 Å². The number of hydrogen-bond acceptors (Lipinski definition) is 3. The van der Waals surface area contributed by atoms with Crippen LogP contribution in [0.25, 0.3) is 0 Å². The SMILES string of the molecule is Clc1nnc(CC2CCCCCC2)s1. The third kappa shape index (κ3) is 2.92. The summed E-state index contributed by atoms with van der Waals surface area (Å²) in [5, 5.41) is 9.03. The molecule has 2 nitrogen and oxygen atoms in total. The Balaban J connectivity index is 1.89. The van der Waals surface area contributed by atoms with E-state index in [1.165, 1.54) is 49.9 Å². The van der Waals surface area contributed by atoms with Crippen molar-refractivity contribution < 1.29 is 0 Å². The molecule has 0 amide bonds. The normalized spacial score (nSPS) is 19.5. The highest BCUT2D eigenvalue weighted by molar-refractivity contribution is 7.15. The average molecular weight is 231 g/mol. The van der Waals surface area contributed by atoms with Crippen molar-refractivity contribution in [2.75, 3.05) is 0 Å². The monoisotopic (exact) mass is 230 g/mol. The third-order valence-corrected chi connectivity index (χ3v) is 3.92. The molecule has 1 aromatic rings. The lowest BCUT2D eigenvalue weighted by Gasteiger charge is -2.10. The van der Waals surface area contributed by atoms with Gasteiger partial charge in [-0.15, -0.1) is 10.2 Å². The number of aromatic nitrogens is 2. The molecule has 0 aromatic carbocycles. The Labute approximate surface area is 93.7 Å². The molecule has 1 aliphatic rings. The van der Waals surface area contributed by atoms with Gasteiger partial charge < -0.3 is 0 Å². The van der Waals surface area contributed by atoms with Crippen LogP contribution in [0.5, 0.6) is 0 Å². The van der Waals surface area contributed by atoms with Gasteiger partial charge in [0.15, 0.2) is 0 Å². The van der Waals surface area contributed by atoms with Crippen LogP contribution in [0.4, 0.5) is 0 Å². The van der Waals surface area contributed by atoms with Crippen LogP contribution in [-0.4, -0.2) is 10.2 Å². The first-order valence-electron chi connectivity index (χ1n) is 5.32. The summed E-state index contributed by atoms with van der Waals surface area (Å²) in [5.74, 6) is 0.821. The molecule has 1 aliphatic carbocycles. The molecule has 1 heterocycles. The fourth-order valence-corrected chi connectivity index (χ4v) is 3.11. The molecule has 2 rings (SSSR count). The van der Waals surface area contributed by atoms with E-state index in [0.29, 0.717) is 4.47 Å². The van der Waals surface area contributed by atoms with Gasteiger partial charge in [-0.3, -0.25) is 0 Å². The molecule has 0 spiro atoms. The Bertz CT molecular complexity index is 279. The lowest BCUT2D eigenvalue weighted by molar-refractivity contribution is 0.456. The molecular weight excluding hydrogens is 216 g/mol. The maximum Gasteiger partial charge on any atom is 0.207 e. The van der Waals surface area contributed by atoms with Crippen molar-refractivity contribution in [3.63, 3.8) is 0 Å². The summed E-state index contributed by atoms with van der Waals surface area (Å²) in [4.78, 5) is 0. The highest BCUT2D eigenvalue weighted by Gasteiger charge is 2.14. The number of rotatable bonds is 2. The molecule has 0 atom stereocenters. The van der Waals surface area contributed by atoms with Crippen LogP contribution in [0.1, 0.15) is 43.5 Å². The van der Waals surface area contributed by atoms with E-state index in [2.05, 4.69) is 10.2 Å². The first-order chi connectivity index (χ1) is 6.84. The van der Waals surface area contributed by atoms with Crippen molar-refractivity contribution in [1.82, 2.24) is 10.2 Å². The van der Waals surface area contributed by atoms with E-state index in [1.54, 1.807) is 0 Å². The summed E-state index contributed by atoms with van der Waals surface area (Å²) in [6.45, 7) is 0. The van der Waals surface area contributed by atoms with Crippen molar-refractivity contribution in [2.45, 2.75) is 44.9 Å². The van der Waals surface area contributed by atoms with E-state index in [0.717, 1.165) is 17.3 Å². The predicted octanol–water partition coefficient (Wildman–Crippen LogP) is 3.70. The zero-order valence-electron chi connectivity index (χ0n) is 8.21. The van der Waals surface area contributed by atoms with Crippen LogP contribution < -0.4 is 0 Å². The molecule has 0 N–H and O–H groups in total. The molecule has 0 saturated heterocycles. The van der Waals surface area contributed by atoms with Gasteiger partial charge in [0, 0.05) is 6.42 Å². The first kappa shape index (κ1) is 10.4. The van der Waals surface area contributed by atoms with E-state index in [-0.39, 0.29) is 0 Å². The summed E-state index contributed by atoms with van der Waals surface area (Å²) < 4.78 is 0.577. The highest BCUT2D eigenvalue weighted by atomic mass is 35.5. The third-order valence-electron chi connectivity index (χ3n) is 2.88. The first-order valence-corrected chi connectivity index (χ1v) is 6.52. The van der Waals surface area contributed by atoms with Gasteiger partial charge in [-0.1, -0.05) is 49.9 Å². The minimum absolute atomic E-state index is 0.577. The summed E-state index contributed by atoms with van der Waals surface area (Å²) >= 11 is 7.29. The second-order valence-corrected chi connectivity index (χ2v) is 5.65. The maximum atomic E-state index is 5.76. The highest BCUT2D eigenvalue weighted by Crippen LogP contribution is 2.27. The van der Waals surface area contributed by atoms with E-state index in [1.807, 2.05) is 0 Å². The van der Waals surface area contributed by atoms with E-state index >= 15 is 0 Å².